The maximum absolute atomic E-state index is 5.35. The first kappa shape index (κ1) is 34.8. The van der Waals surface area contributed by atoms with Gasteiger partial charge in [-0.05, 0) is 90.3 Å². The normalized spacial score (nSPS) is 13.0. The molecule has 0 fully saturated rings. The minimum Gasteiger partial charge on any atom is -0.228 e. The number of aromatic nitrogens is 2. The van der Waals surface area contributed by atoms with Gasteiger partial charge in [0.1, 0.15) is 0 Å². The first-order valence-electron chi connectivity index (χ1n) is 20.6. The van der Waals surface area contributed by atoms with E-state index in [1.807, 2.05) is 17.4 Å². The SMILES string of the molecule is CC1(C)c2ccccc2-c2ccc(-c3cc(-c4cc5sc6c(-c7ccc(-c8ccc9ccccc9c8)cc7)cccc6c5c5ccccc45)nc(-c4ccccc4)n3)cc21. The van der Waals surface area contributed by atoms with Crippen LogP contribution in [0, 0.1) is 0 Å². The number of thiophene rings is 1. The minimum absolute atomic E-state index is 0.111. The molecule has 2 heterocycles. The third-order valence-corrected chi connectivity index (χ3v) is 13.9. The van der Waals surface area contributed by atoms with Crippen molar-refractivity contribution in [2.24, 2.45) is 0 Å². The third kappa shape index (κ3) is 5.47. The van der Waals surface area contributed by atoms with Crippen LogP contribution >= 0.6 is 11.3 Å². The summed E-state index contributed by atoms with van der Waals surface area (Å²) >= 11 is 1.87. The van der Waals surface area contributed by atoms with E-state index >= 15 is 0 Å². The number of fused-ring (bicyclic) bond motifs is 9. The van der Waals surface area contributed by atoms with Gasteiger partial charge in [0, 0.05) is 42.3 Å². The van der Waals surface area contributed by atoms with E-state index in [4.69, 9.17) is 9.97 Å². The van der Waals surface area contributed by atoms with Crippen LogP contribution in [0.25, 0.3) is 109 Å². The van der Waals surface area contributed by atoms with E-state index in [0.29, 0.717) is 0 Å². The molecular weight excluding hydrogens is 745 g/mol. The van der Waals surface area contributed by atoms with Crippen LogP contribution in [0.2, 0.25) is 0 Å². The molecule has 3 heteroatoms. The Morgan fingerprint density at radius 3 is 1.90 bits per heavy atom. The predicted octanol–water partition coefficient (Wildman–Crippen LogP) is 15.8. The second-order valence-electron chi connectivity index (χ2n) is 16.5. The molecule has 12 rings (SSSR count). The third-order valence-electron chi connectivity index (χ3n) is 12.7. The van der Waals surface area contributed by atoms with Crippen molar-refractivity contribution in [3.63, 3.8) is 0 Å². The average molecular weight is 783 g/mol. The Labute approximate surface area is 353 Å². The van der Waals surface area contributed by atoms with Crippen LogP contribution in [0.4, 0.5) is 0 Å². The summed E-state index contributed by atoms with van der Waals surface area (Å²) in [5, 5.41) is 7.51. The lowest BCUT2D eigenvalue weighted by atomic mass is 9.82. The molecule has 11 aromatic rings. The van der Waals surface area contributed by atoms with Crippen molar-refractivity contribution in [2.45, 2.75) is 19.3 Å². The highest BCUT2D eigenvalue weighted by Gasteiger charge is 2.35. The van der Waals surface area contributed by atoms with Gasteiger partial charge in [-0.2, -0.15) is 0 Å². The molecular formula is C57H38N2S. The van der Waals surface area contributed by atoms with Gasteiger partial charge in [0.2, 0.25) is 0 Å². The molecule has 0 aliphatic heterocycles. The summed E-state index contributed by atoms with van der Waals surface area (Å²) in [6.45, 7) is 4.67. The monoisotopic (exact) mass is 782 g/mol. The van der Waals surface area contributed by atoms with E-state index in [1.165, 1.54) is 86.2 Å². The molecule has 0 bridgehead atoms. The Kier molecular flexibility index (Phi) is 7.79. The van der Waals surface area contributed by atoms with Crippen LogP contribution in [0.1, 0.15) is 25.0 Å². The smallest absolute Gasteiger partial charge is 0.160 e. The molecule has 0 atom stereocenters. The topological polar surface area (TPSA) is 25.8 Å². The summed E-state index contributed by atoms with van der Waals surface area (Å²) in [6, 6.07) is 70.6. The Morgan fingerprint density at radius 2 is 1.03 bits per heavy atom. The van der Waals surface area contributed by atoms with Gasteiger partial charge < -0.3 is 0 Å². The van der Waals surface area contributed by atoms with Crippen LogP contribution in [0.5, 0.6) is 0 Å². The molecule has 0 unspecified atom stereocenters. The molecule has 1 aliphatic rings. The van der Waals surface area contributed by atoms with Crippen LogP contribution < -0.4 is 0 Å². The summed E-state index contributed by atoms with van der Waals surface area (Å²) in [5.41, 5.74) is 15.2. The second kappa shape index (κ2) is 13.4. The fourth-order valence-electron chi connectivity index (χ4n) is 9.63. The Balaban J connectivity index is 1.01. The maximum atomic E-state index is 5.35. The lowest BCUT2D eigenvalue weighted by Crippen LogP contribution is -2.14. The zero-order valence-electron chi connectivity index (χ0n) is 33.3. The Hall–Kier alpha value is -7.20. The van der Waals surface area contributed by atoms with E-state index < -0.39 is 0 Å². The lowest BCUT2D eigenvalue weighted by Gasteiger charge is -2.22. The highest BCUT2D eigenvalue weighted by Crippen LogP contribution is 2.50. The zero-order valence-corrected chi connectivity index (χ0v) is 34.1. The van der Waals surface area contributed by atoms with E-state index in [0.717, 1.165) is 33.9 Å². The van der Waals surface area contributed by atoms with E-state index in [-0.39, 0.29) is 5.41 Å². The fourth-order valence-corrected chi connectivity index (χ4v) is 10.9. The molecule has 0 radical (unpaired) electrons. The van der Waals surface area contributed by atoms with Crippen LogP contribution in [0.15, 0.2) is 194 Å². The molecule has 1 aliphatic carbocycles. The summed E-state index contributed by atoms with van der Waals surface area (Å²) < 4.78 is 2.54. The molecule has 2 nitrogen and oxygen atoms in total. The van der Waals surface area contributed by atoms with Crippen molar-refractivity contribution < 1.29 is 0 Å². The summed E-state index contributed by atoms with van der Waals surface area (Å²) in [5.74, 6) is 0.723. The van der Waals surface area contributed by atoms with Crippen molar-refractivity contribution in [1.82, 2.24) is 9.97 Å². The van der Waals surface area contributed by atoms with Crippen LogP contribution in [-0.4, -0.2) is 9.97 Å². The van der Waals surface area contributed by atoms with Gasteiger partial charge in [-0.15, -0.1) is 11.3 Å². The second-order valence-corrected chi connectivity index (χ2v) is 17.6. The first-order chi connectivity index (χ1) is 29.5. The van der Waals surface area contributed by atoms with Crippen molar-refractivity contribution >= 4 is 53.1 Å². The van der Waals surface area contributed by atoms with Crippen molar-refractivity contribution in [2.75, 3.05) is 0 Å². The van der Waals surface area contributed by atoms with Gasteiger partial charge in [-0.1, -0.05) is 184 Å². The van der Waals surface area contributed by atoms with Gasteiger partial charge in [-0.25, -0.2) is 9.97 Å². The number of nitrogens with zero attached hydrogens (tertiary/aromatic N) is 2. The molecule has 0 spiro atoms. The average Bonchev–Trinajstić information content (AvgIpc) is 3.80. The number of hydrogen-bond donors (Lipinski definition) is 0. The highest BCUT2D eigenvalue weighted by molar-refractivity contribution is 7.26. The molecule has 282 valence electrons. The van der Waals surface area contributed by atoms with Gasteiger partial charge >= 0.3 is 0 Å². The Morgan fingerprint density at radius 1 is 0.383 bits per heavy atom. The molecule has 9 aromatic carbocycles. The molecule has 0 N–H and O–H groups in total. The van der Waals surface area contributed by atoms with Gasteiger partial charge in [0.25, 0.3) is 0 Å². The van der Waals surface area contributed by atoms with E-state index in [9.17, 15) is 0 Å². The summed E-state index contributed by atoms with van der Waals surface area (Å²) in [4.78, 5) is 10.6. The molecule has 0 saturated heterocycles. The number of rotatable bonds is 5. The van der Waals surface area contributed by atoms with Gasteiger partial charge in [-0.3, -0.25) is 0 Å². The van der Waals surface area contributed by atoms with Crippen LogP contribution in [0.3, 0.4) is 0 Å². The number of benzene rings is 9. The van der Waals surface area contributed by atoms with Crippen molar-refractivity contribution in [3.8, 4) is 67.3 Å². The largest absolute Gasteiger partial charge is 0.228 e. The fraction of sp³-hybridized carbons (Fsp3) is 0.0526. The predicted molar refractivity (Wildman–Crippen MR) is 255 cm³/mol. The zero-order chi connectivity index (χ0) is 40.0. The van der Waals surface area contributed by atoms with Crippen molar-refractivity contribution in [1.29, 1.82) is 0 Å². The van der Waals surface area contributed by atoms with Gasteiger partial charge in [0.05, 0.1) is 11.4 Å². The molecule has 2 aromatic heterocycles. The lowest BCUT2D eigenvalue weighted by molar-refractivity contribution is 0.660. The molecule has 0 amide bonds. The van der Waals surface area contributed by atoms with Crippen molar-refractivity contribution in [3.05, 3.63) is 205 Å². The first-order valence-corrected chi connectivity index (χ1v) is 21.5. The quantitative estimate of drug-likeness (QED) is 0.174. The summed E-state index contributed by atoms with van der Waals surface area (Å²) in [7, 11) is 0. The maximum Gasteiger partial charge on any atom is 0.160 e. The molecule has 0 saturated carbocycles. The highest BCUT2D eigenvalue weighted by atomic mass is 32.1. The summed E-state index contributed by atoms with van der Waals surface area (Å²) in [6.07, 6.45) is 0. The van der Waals surface area contributed by atoms with Crippen LogP contribution in [-0.2, 0) is 5.41 Å². The Bertz CT molecular complexity index is 3500. The number of hydrogen-bond acceptors (Lipinski definition) is 3. The van der Waals surface area contributed by atoms with E-state index in [2.05, 4.69) is 202 Å². The van der Waals surface area contributed by atoms with Gasteiger partial charge in [0.15, 0.2) is 5.82 Å². The standard InChI is InChI=1S/C57H38N2S/c1-57(2)49-22-11-10-18-44(49)45-30-29-41(32-50(45)57)51-34-52(59-56(58-51)38-14-4-3-5-15-38)48-33-53-54(46-19-9-8-17-43(46)48)47-21-12-20-42(55(47)60-53)37-26-23-36(24-27-37)40-28-25-35-13-6-7-16-39(35)31-40/h3-34H,1-2H3. The molecule has 60 heavy (non-hydrogen) atoms. The van der Waals surface area contributed by atoms with E-state index in [1.54, 1.807) is 0 Å². The minimum atomic E-state index is -0.111.